The van der Waals surface area contributed by atoms with Crippen LogP contribution in [0.5, 0.6) is 0 Å². The van der Waals surface area contributed by atoms with Gasteiger partial charge in [-0.1, -0.05) is 36.4 Å². The molecule has 0 fully saturated rings. The molecule has 0 unspecified atom stereocenters. The van der Waals surface area contributed by atoms with Crippen LogP contribution in [0.4, 0.5) is 0 Å². The van der Waals surface area contributed by atoms with Crippen LogP contribution < -0.4 is 16.8 Å². The molecule has 0 spiro atoms. The summed E-state index contributed by atoms with van der Waals surface area (Å²) < 4.78 is 0. The fraction of sp³-hybridized carbons (Fsp3) is 0.182. The normalized spacial score (nSPS) is 13.4. The second-order valence-electron chi connectivity index (χ2n) is 7.20. The van der Waals surface area contributed by atoms with E-state index in [1.807, 2.05) is 60.9 Å². The van der Waals surface area contributed by atoms with E-state index in [4.69, 9.17) is 11.5 Å². The van der Waals surface area contributed by atoms with Crippen LogP contribution in [0.1, 0.15) is 11.1 Å². The average molecular weight is 389 g/mol. The molecular weight excluding hydrogens is 366 g/mol. The summed E-state index contributed by atoms with van der Waals surface area (Å²) >= 11 is 0. The molecule has 7 nitrogen and oxygen atoms in total. The zero-order valence-electron chi connectivity index (χ0n) is 15.8. The summed E-state index contributed by atoms with van der Waals surface area (Å²) in [5, 5.41) is 4.74. The molecule has 2 aromatic carbocycles. The fourth-order valence-corrected chi connectivity index (χ4v) is 3.65. The molecule has 2 heterocycles. The molecule has 0 radical (unpaired) electrons. The smallest absolute Gasteiger partial charge is 0.240 e. The van der Waals surface area contributed by atoms with Gasteiger partial charge in [0.15, 0.2) is 0 Å². The number of para-hydroxylation sites is 2. The average Bonchev–Trinajstić information content (AvgIpc) is 3.32. The van der Waals surface area contributed by atoms with E-state index >= 15 is 0 Å². The van der Waals surface area contributed by atoms with Crippen LogP contribution in [0, 0.1) is 0 Å². The number of carbonyl (C=O) groups excluding carboxylic acids is 2. The molecule has 4 aromatic rings. The van der Waals surface area contributed by atoms with E-state index in [0.29, 0.717) is 12.8 Å². The van der Waals surface area contributed by atoms with Crippen molar-refractivity contribution >= 4 is 33.6 Å². The number of H-pyrrole nitrogens is 2. The summed E-state index contributed by atoms with van der Waals surface area (Å²) in [5.74, 6) is -0.998. The van der Waals surface area contributed by atoms with Gasteiger partial charge >= 0.3 is 0 Å². The van der Waals surface area contributed by atoms with E-state index in [-0.39, 0.29) is 0 Å². The van der Waals surface area contributed by atoms with Gasteiger partial charge in [0.05, 0.1) is 6.04 Å². The van der Waals surface area contributed by atoms with Gasteiger partial charge in [-0.05, 0) is 29.7 Å². The predicted octanol–water partition coefficient (Wildman–Crippen LogP) is 1.73. The molecule has 2 amide bonds. The van der Waals surface area contributed by atoms with E-state index in [1.165, 1.54) is 0 Å². The number of aromatic nitrogens is 2. The largest absolute Gasteiger partial charge is 0.368 e. The van der Waals surface area contributed by atoms with Gasteiger partial charge < -0.3 is 26.8 Å². The van der Waals surface area contributed by atoms with E-state index in [2.05, 4.69) is 15.3 Å². The van der Waals surface area contributed by atoms with Gasteiger partial charge in [0.25, 0.3) is 0 Å². The quantitative estimate of drug-likeness (QED) is 0.330. The standard InChI is InChI=1S/C22H23N5O2/c23-17(9-13-11-25-18-7-3-1-5-15(13)18)22(29)27-20(21(24)28)10-14-12-26-19-8-4-2-6-16(14)19/h1-8,11-12,17,20,25-26H,9-10,23H2,(H2,24,28)(H,27,29)/t17-,20-/m1/s1. The molecule has 2 aromatic heterocycles. The Balaban J connectivity index is 1.46. The van der Waals surface area contributed by atoms with Gasteiger partial charge in [-0.15, -0.1) is 0 Å². The summed E-state index contributed by atoms with van der Waals surface area (Å²) in [6, 6.07) is 14.0. The molecule has 0 aliphatic heterocycles. The van der Waals surface area contributed by atoms with E-state index < -0.39 is 23.9 Å². The maximum atomic E-state index is 12.7. The molecule has 4 rings (SSSR count). The number of fused-ring (bicyclic) bond motifs is 2. The molecule has 29 heavy (non-hydrogen) atoms. The van der Waals surface area contributed by atoms with Crippen LogP contribution in [0.15, 0.2) is 60.9 Å². The molecule has 0 bridgehead atoms. The number of amides is 2. The Labute approximate surface area is 167 Å². The first-order valence-corrected chi connectivity index (χ1v) is 9.48. The minimum atomic E-state index is -0.837. The van der Waals surface area contributed by atoms with Gasteiger partial charge in [0.2, 0.25) is 11.8 Å². The topological polar surface area (TPSA) is 130 Å². The number of nitrogens with one attached hydrogen (secondary N) is 3. The van der Waals surface area contributed by atoms with E-state index in [9.17, 15) is 9.59 Å². The second-order valence-corrected chi connectivity index (χ2v) is 7.20. The third kappa shape index (κ3) is 3.86. The summed E-state index contributed by atoms with van der Waals surface area (Å²) in [6.07, 6.45) is 4.34. The lowest BCUT2D eigenvalue weighted by atomic mass is 10.0. The van der Waals surface area contributed by atoms with Gasteiger partial charge in [-0.25, -0.2) is 0 Å². The molecule has 0 aliphatic carbocycles. The van der Waals surface area contributed by atoms with Crippen molar-refractivity contribution in [2.45, 2.75) is 24.9 Å². The fourth-order valence-electron chi connectivity index (χ4n) is 3.65. The zero-order valence-corrected chi connectivity index (χ0v) is 15.8. The van der Waals surface area contributed by atoms with Gasteiger partial charge in [0, 0.05) is 40.6 Å². The van der Waals surface area contributed by atoms with Crippen LogP contribution in [0.25, 0.3) is 21.8 Å². The number of rotatable bonds is 7. The first-order valence-electron chi connectivity index (χ1n) is 9.48. The highest BCUT2D eigenvalue weighted by Crippen LogP contribution is 2.20. The zero-order chi connectivity index (χ0) is 20.4. The number of hydrogen-bond donors (Lipinski definition) is 5. The number of carbonyl (C=O) groups is 2. The molecular formula is C22H23N5O2. The van der Waals surface area contributed by atoms with Crippen molar-refractivity contribution in [2.24, 2.45) is 11.5 Å². The van der Waals surface area contributed by atoms with Crippen LogP contribution >= 0.6 is 0 Å². The Morgan fingerprint density at radius 1 is 0.862 bits per heavy atom. The lowest BCUT2D eigenvalue weighted by Crippen LogP contribution is -2.51. The Morgan fingerprint density at radius 2 is 1.38 bits per heavy atom. The Kier molecular flexibility index (Phi) is 5.05. The Bertz CT molecular complexity index is 1180. The monoisotopic (exact) mass is 389 g/mol. The highest BCUT2D eigenvalue weighted by molar-refractivity contribution is 5.91. The van der Waals surface area contributed by atoms with Crippen molar-refractivity contribution < 1.29 is 9.59 Å². The van der Waals surface area contributed by atoms with Crippen molar-refractivity contribution in [3.05, 3.63) is 72.1 Å². The Morgan fingerprint density at radius 3 is 1.93 bits per heavy atom. The van der Waals surface area contributed by atoms with Crippen molar-refractivity contribution in [1.82, 2.24) is 15.3 Å². The first-order chi connectivity index (χ1) is 14.0. The van der Waals surface area contributed by atoms with Gasteiger partial charge in [-0.3, -0.25) is 9.59 Å². The van der Waals surface area contributed by atoms with Gasteiger partial charge in [0.1, 0.15) is 6.04 Å². The van der Waals surface area contributed by atoms with Gasteiger partial charge in [-0.2, -0.15) is 0 Å². The third-order valence-corrected chi connectivity index (χ3v) is 5.21. The van der Waals surface area contributed by atoms with Crippen LogP contribution in [0.3, 0.4) is 0 Å². The molecule has 0 aliphatic rings. The van der Waals surface area contributed by atoms with E-state index in [1.54, 1.807) is 0 Å². The third-order valence-electron chi connectivity index (χ3n) is 5.21. The number of nitrogens with two attached hydrogens (primary N) is 2. The van der Waals surface area contributed by atoms with Crippen LogP contribution in [-0.2, 0) is 22.4 Å². The van der Waals surface area contributed by atoms with Crippen LogP contribution in [0.2, 0.25) is 0 Å². The van der Waals surface area contributed by atoms with Crippen molar-refractivity contribution in [1.29, 1.82) is 0 Å². The molecule has 2 atom stereocenters. The number of primary amides is 1. The summed E-state index contributed by atoms with van der Waals surface area (Å²) in [4.78, 5) is 30.9. The highest BCUT2D eigenvalue weighted by Gasteiger charge is 2.24. The molecule has 7 N–H and O–H groups in total. The number of hydrogen-bond acceptors (Lipinski definition) is 3. The Hall–Kier alpha value is -3.58. The lowest BCUT2D eigenvalue weighted by Gasteiger charge is -2.18. The van der Waals surface area contributed by atoms with Crippen LogP contribution in [-0.4, -0.2) is 33.9 Å². The number of benzene rings is 2. The highest BCUT2D eigenvalue weighted by atomic mass is 16.2. The molecule has 7 heteroatoms. The molecule has 0 saturated heterocycles. The van der Waals surface area contributed by atoms with E-state index in [0.717, 1.165) is 32.9 Å². The maximum absolute atomic E-state index is 12.7. The predicted molar refractivity (Wildman–Crippen MR) is 113 cm³/mol. The minimum Gasteiger partial charge on any atom is -0.368 e. The summed E-state index contributed by atoms with van der Waals surface area (Å²) in [5.41, 5.74) is 15.5. The first kappa shape index (κ1) is 18.8. The SMILES string of the molecule is NC(=O)[C@@H](Cc1c[nH]c2ccccc12)NC(=O)[C@H](N)Cc1c[nH]c2ccccc12. The minimum absolute atomic E-state index is 0.297. The van der Waals surface area contributed by atoms with Crippen molar-refractivity contribution in [3.63, 3.8) is 0 Å². The lowest BCUT2D eigenvalue weighted by molar-refractivity contribution is -0.128. The van der Waals surface area contributed by atoms with Crippen molar-refractivity contribution in [3.8, 4) is 0 Å². The second kappa shape index (κ2) is 7.81. The van der Waals surface area contributed by atoms with Crippen molar-refractivity contribution in [2.75, 3.05) is 0 Å². The summed E-state index contributed by atoms with van der Waals surface area (Å²) in [7, 11) is 0. The summed E-state index contributed by atoms with van der Waals surface area (Å²) in [6.45, 7) is 0. The molecule has 148 valence electrons. The number of aromatic amines is 2. The molecule has 0 saturated carbocycles. The maximum Gasteiger partial charge on any atom is 0.240 e.